The van der Waals surface area contributed by atoms with E-state index in [1.165, 1.54) is 12.1 Å². The van der Waals surface area contributed by atoms with Gasteiger partial charge >= 0.3 is 0 Å². The number of aromatic nitrogens is 1. The van der Waals surface area contributed by atoms with Gasteiger partial charge in [-0.05, 0) is 48.4 Å². The maximum Gasteiger partial charge on any atom is 0.269 e. The second-order valence-corrected chi connectivity index (χ2v) is 10.9. The third-order valence-electron chi connectivity index (χ3n) is 4.95. The van der Waals surface area contributed by atoms with Crippen LogP contribution in [0.2, 0.25) is 5.02 Å². The first-order valence-corrected chi connectivity index (χ1v) is 12.7. The van der Waals surface area contributed by atoms with Crippen LogP contribution in [-0.4, -0.2) is 20.8 Å². The van der Waals surface area contributed by atoms with E-state index >= 15 is 0 Å². The molecule has 160 valence electrons. The predicted molar refractivity (Wildman–Crippen MR) is 121 cm³/mol. The number of aryl methyl sites for hydroxylation is 1. The minimum absolute atomic E-state index is 0.00454. The Morgan fingerprint density at radius 3 is 2.13 bits per heavy atom. The topological polar surface area (TPSA) is 85.2 Å². The summed E-state index contributed by atoms with van der Waals surface area (Å²) in [5.41, 5.74) is 1.36. The van der Waals surface area contributed by atoms with Gasteiger partial charge in [-0.25, -0.2) is 25.5 Å². The van der Waals surface area contributed by atoms with E-state index in [-0.39, 0.29) is 16.5 Å². The highest BCUT2D eigenvalue weighted by Crippen LogP contribution is 2.32. The summed E-state index contributed by atoms with van der Waals surface area (Å²) in [5, 5.41) is 0.789. The molecule has 0 amide bonds. The number of rotatable bonds is 6. The van der Waals surface area contributed by atoms with Crippen molar-refractivity contribution in [3.05, 3.63) is 95.0 Å². The zero-order chi connectivity index (χ0) is 22.2. The van der Waals surface area contributed by atoms with E-state index < -0.39 is 20.0 Å². The quantitative estimate of drug-likeness (QED) is 0.451. The third kappa shape index (κ3) is 3.99. The molecule has 31 heavy (non-hydrogen) atoms. The molecule has 1 aromatic heterocycles. The lowest BCUT2D eigenvalue weighted by molar-refractivity contribution is 0.565. The fraction of sp³-hybridized carbons (Fsp3) is 0.0909. The normalized spacial score (nSPS) is 12.3. The molecule has 0 unspecified atom stereocenters. The Morgan fingerprint density at radius 1 is 0.839 bits per heavy atom. The van der Waals surface area contributed by atoms with Crippen molar-refractivity contribution in [3.63, 3.8) is 0 Å². The van der Waals surface area contributed by atoms with Gasteiger partial charge in [-0.15, -0.1) is 0 Å². The van der Waals surface area contributed by atoms with E-state index in [2.05, 4.69) is 4.72 Å². The molecule has 0 saturated carbocycles. The summed E-state index contributed by atoms with van der Waals surface area (Å²) < 4.78 is 57.1. The lowest BCUT2D eigenvalue weighted by atomic mass is 10.2. The molecular formula is C22H19ClN2O4S2. The molecule has 3 aromatic carbocycles. The number of hydrogen-bond acceptors (Lipinski definition) is 4. The SMILES string of the molecule is Cc1c(S(=O)(=O)NCc2ccc(Cl)cc2)n(S(=O)(=O)c2ccccc2)c2ccccc12. The van der Waals surface area contributed by atoms with Crippen molar-refractivity contribution >= 4 is 42.6 Å². The fourth-order valence-electron chi connectivity index (χ4n) is 3.44. The molecule has 0 aliphatic rings. The molecule has 0 fully saturated rings. The van der Waals surface area contributed by atoms with E-state index in [1.807, 2.05) is 0 Å². The Kier molecular flexibility index (Phi) is 5.65. The van der Waals surface area contributed by atoms with Crippen molar-refractivity contribution in [2.24, 2.45) is 0 Å². The molecule has 0 bridgehead atoms. The van der Waals surface area contributed by atoms with Crippen LogP contribution in [0.15, 0.2) is 88.8 Å². The lowest BCUT2D eigenvalue weighted by Gasteiger charge is -2.14. The second kappa shape index (κ2) is 8.12. The predicted octanol–water partition coefficient (Wildman–Crippen LogP) is 4.32. The minimum atomic E-state index is -4.18. The maximum atomic E-state index is 13.5. The number of hydrogen-bond donors (Lipinski definition) is 1. The fourth-order valence-corrected chi connectivity index (χ4v) is 6.96. The van der Waals surface area contributed by atoms with Gasteiger partial charge in [-0.1, -0.05) is 60.1 Å². The Morgan fingerprint density at radius 2 is 1.45 bits per heavy atom. The zero-order valence-electron chi connectivity index (χ0n) is 16.5. The van der Waals surface area contributed by atoms with Gasteiger partial charge in [-0.2, -0.15) is 0 Å². The van der Waals surface area contributed by atoms with Crippen LogP contribution in [0.5, 0.6) is 0 Å². The van der Waals surface area contributed by atoms with E-state index in [0.29, 0.717) is 27.1 Å². The molecule has 1 N–H and O–H groups in total. The second-order valence-electron chi connectivity index (χ2n) is 6.98. The van der Waals surface area contributed by atoms with E-state index in [4.69, 9.17) is 11.6 Å². The van der Waals surface area contributed by atoms with Gasteiger partial charge in [0.15, 0.2) is 5.03 Å². The summed E-state index contributed by atoms with van der Waals surface area (Å²) in [6.45, 7) is 1.60. The molecule has 9 heteroatoms. The minimum Gasteiger partial charge on any atom is -0.221 e. The van der Waals surface area contributed by atoms with Crippen LogP contribution in [0.3, 0.4) is 0 Å². The molecule has 0 aliphatic carbocycles. The molecule has 0 saturated heterocycles. The number of para-hydroxylation sites is 1. The highest BCUT2D eigenvalue weighted by Gasteiger charge is 2.32. The summed E-state index contributed by atoms with van der Waals surface area (Å²) >= 11 is 5.88. The number of sulfonamides is 1. The molecule has 4 rings (SSSR count). The van der Waals surface area contributed by atoms with E-state index in [0.717, 1.165) is 3.97 Å². The van der Waals surface area contributed by atoms with Crippen LogP contribution in [0.4, 0.5) is 0 Å². The average molecular weight is 475 g/mol. The van der Waals surface area contributed by atoms with Crippen molar-refractivity contribution in [2.45, 2.75) is 23.4 Å². The number of halogens is 1. The van der Waals surface area contributed by atoms with Gasteiger partial charge in [0.1, 0.15) is 0 Å². The van der Waals surface area contributed by atoms with Crippen LogP contribution in [0.25, 0.3) is 10.9 Å². The van der Waals surface area contributed by atoms with Crippen molar-refractivity contribution in [3.8, 4) is 0 Å². The molecule has 0 aliphatic heterocycles. The standard InChI is InChI=1S/C22H19ClN2O4S2/c1-16-20-9-5-6-10-21(20)25(31(28,29)19-7-3-2-4-8-19)22(16)30(26,27)24-15-17-11-13-18(23)14-12-17/h2-14,24H,15H2,1H3. The summed E-state index contributed by atoms with van der Waals surface area (Å²) in [5.74, 6) is 0. The highest BCUT2D eigenvalue weighted by atomic mass is 35.5. The summed E-state index contributed by atoms with van der Waals surface area (Å²) in [6.07, 6.45) is 0. The van der Waals surface area contributed by atoms with Gasteiger partial charge in [0.05, 0.1) is 10.4 Å². The van der Waals surface area contributed by atoms with Gasteiger partial charge < -0.3 is 0 Å². The Balaban J connectivity index is 1.88. The van der Waals surface area contributed by atoms with Crippen LogP contribution in [0.1, 0.15) is 11.1 Å². The summed E-state index contributed by atoms with van der Waals surface area (Å²) in [4.78, 5) is 0.00454. The zero-order valence-corrected chi connectivity index (χ0v) is 18.9. The van der Waals surface area contributed by atoms with Crippen LogP contribution in [0, 0.1) is 6.92 Å². The first-order chi connectivity index (χ1) is 14.7. The van der Waals surface area contributed by atoms with Gasteiger partial charge in [0.25, 0.3) is 20.0 Å². The monoisotopic (exact) mass is 474 g/mol. The van der Waals surface area contributed by atoms with Gasteiger partial charge in [-0.3, -0.25) is 0 Å². The Labute approximate surface area is 186 Å². The molecule has 0 radical (unpaired) electrons. The smallest absolute Gasteiger partial charge is 0.221 e. The van der Waals surface area contributed by atoms with Gasteiger partial charge in [0.2, 0.25) is 0 Å². The van der Waals surface area contributed by atoms with Crippen molar-refractivity contribution in [1.29, 1.82) is 0 Å². The van der Waals surface area contributed by atoms with Crippen molar-refractivity contribution in [2.75, 3.05) is 0 Å². The van der Waals surface area contributed by atoms with Crippen molar-refractivity contribution < 1.29 is 16.8 Å². The maximum absolute atomic E-state index is 13.5. The number of nitrogens with zero attached hydrogens (tertiary/aromatic N) is 1. The lowest BCUT2D eigenvalue weighted by Crippen LogP contribution is -2.28. The summed E-state index contributed by atoms with van der Waals surface area (Å²) in [6, 6.07) is 21.2. The molecule has 6 nitrogen and oxygen atoms in total. The number of fused-ring (bicyclic) bond motifs is 1. The molecule has 4 aromatic rings. The number of benzene rings is 3. The van der Waals surface area contributed by atoms with E-state index in [1.54, 1.807) is 73.7 Å². The molecular weight excluding hydrogens is 456 g/mol. The van der Waals surface area contributed by atoms with Crippen molar-refractivity contribution in [1.82, 2.24) is 8.69 Å². The summed E-state index contributed by atoms with van der Waals surface area (Å²) in [7, 11) is -8.35. The molecule has 0 spiro atoms. The highest BCUT2D eigenvalue weighted by molar-refractivity contribution is 7.92. The Hall–Kier alpha value is -2.65. The van der Waals surface area contributed by atoms with E-state index in [9.17, 15) is 16.8 Å². The Bertz CT molecular complexity index is 1460. The average Bonchev–Trinajstić information content (AvgIpc) is 3.08. The molecule has 1 heterocycles. The number of nitrogens with one attached hydrogen (secondary N) is 1. The first kappa shape index (κ1) is 21.6. The van der Waals surface area contributed by atoms with Crippen LogP contribution >= 0.6 is 11.6 Å². The van der Waals surface area contributed by atoms with Crippen LogP contribution < -0.4 is 4.72 Å². The molecule has 0 atom stereocenters. The largest absolute Gasteiger partial charge is 0.269 e. The van der Waals surface area contributed by atoms with Crippen LogP contribution in [-0.2, 0) is 26.6 Å². The first-order valence-electron chi connectivity index (χ1n) is 9.36. The van der Waals surface area contributed by atoms with Gasteiger partial charge in [0, 0.05) is 17.0 Å². The third-order valence-corrected chi connectivity index (χ3v) is 8.57.